The minimum atomic E-state index is 0.138. The van der Waals surface area contributed by atoms with Crippen molar-refractivity contribution in [3.05, 3.63) is 22.8 Å². The normalized spacial score (nSPS) is 9.30. The van der Waals surface area contributed by atoms with Crippen molar-refractivity contribution >= 4 is 17.9 Å². The van der Waals surface area contributed by atoms with Crippen LogP contribution in [0, 0.1) is 10.8 Å². The largest absolute Gasteiger partial charge is 0.289 e. The Morgan fingerprint density at radius 1 is 1.60 bits per heavy atom. The Morgan fingerprint density at radius 2 is 2.30 bits per heavy atom. The summed E-state index contributed by atoms with van der Waals surface area (Å²) in [5.74, 6) is 0. The van der Waals surface area contributed by atoms with Crippen molar-refractivity contribution in [3.63, 3.8) is 0 Å². The fourth-order valence-corrected chi connectivity index (χ4v) is 0.657. The van der Waals surface area contributed by atoms with Gasteiger partial charge in [-0.1, -0.05) is 11.6 Å². The molecule has 0 fully saturated rings. The first kappa shape index (κ1) is 6.95. The first-order valence-corrected chi connectivity index (χ1v) is 2.92. The highest BCUT2D eigenvalue weighted by molar-refractivity contribution is 6.29. The van der Waals surface area contributed by atoms with Crippen LogP contribution in [0.1, 0.15) is 0 Å². The third kappa shape index (κ3) is 1.22. The number of rotatable bonds is 1. The molecule has 1 heterocycles. The second-order valence-corrected chi connectivity index (χ2v) is 2.00. The average Bonchev–Trinajstić information content (AvgIpc) is 1.94. The molecule has 52 valence electrons. The Morgan fingerprint density at radius 3 is 2.80 bits per heavy atom. The van der Waals surface area contributed by atoms with Gasteiger partial charge in [0.05, 0.1) is 0 Å². The minimum Gasteiger partial charge on any atom is -0.289 e. The van der Waals surface area contributed by atoms with Crippen LogP contribution in [0.3, 0.4) is 0 Å². The molecule has 10 heavy (non-hydrogen) atoms. The third-order valence-electron chi connectivity index (χ3n) is 0.951. The lowest BCUT2D eigenvalue weighted by molar-refractivity contribution is 0.827. The van der Waals surface area contributed by atoms with Crippen LogP contribution >= 0.6 is 11.6 Å². The average molecular weight is 157 g/mol. The predicted octanol–water partition coefficient (Wildman–Crippen LogP) is 0.471. The summed E-state index contributed by atoms with van der Waals surface area (Å²) in [7, 11) is 0. The van der Waals surface area contributed by atoms with Gasteiger partial charge in [0.1, 0.15) is 17.0 Å². The van der Waals surface area contributed by atoms with E-state index in [4.69, 9.17) is 22.4 Å². The maximum absolute atomic E-state index is 7.16. The molecule has 0 unspecified atom stereocenters. The molecule has 1 rings (SSSR count). The van der Waals surface area contributed by atoms with E-state index < -0.39 is 0 Å². The molecular formula is C5H5ClN4. The highest BCUT2D eigenvalue weighted by atomic mass is 35.5. The number of nitrogens with one attached hydrogen (secondary N) is 2. The molecule has 0 bridgehead atoms. The lowest BCUT2D eigenvalue weighted by Gasteiger charge is -1.94. The van der Waals surface area contributed by atoms with E-state index >= 15 is 0 Å². The Balaban J connectivity index is 3.35. The second kappa shape index (κ2) is 2.62. The summed E-state index contributed by atoms with van der Waals surface area (Å²) in [6.45, 7) is 0. The molecule has 1 aromatic rings. The minimum absolute atomic E-state index is 0.138. The van der Waals surface area contributed by atoms with Crippen molar-refractivity contribution in [2.75, 3.05) is 0 Å². The summed E-state index contributed by atoms with van der Waals surface area (Å²) in [6.07, 6.45) is 0.925. The smallest absolute Gasteiger partial charge is 0.150 e. The Labute approximate surface area is 62.1 Å². The SMILES string of the molecule is N=Cn1nc(Cl)ccc1=N. The molecule has 2 N–H and O–H groups in total. The Kier molecular flexibility index (Phi) is 1.82. The summed E-state index contributed by atoms with van der Waals surface area (Å²) >= 11 is 5.48. The number of hydrogen-bond donors (Lipinski definition) is 2. The van der Waals surface area contributed by atoms with Crippen LogP contribution in [-0.4, -0.2) is 16.1 Å². The summed E-state index contributed by atoms with van der Waals surface area (Å²) in [5.41, 5.74) is 0.138. The van der Waals surface area contributed by atoms with Crippen LogP contribution in [0.4, 0.5) is 0 Å². The summed E-state index contributed by atoms with van der Waals surface area (Å²) < 4.78 is 1.07. The zero-order valence-electron chi connectivity index (χ0n) is 5.00. The molecule has 4 nitrogen and oxygen atoms in total. The highest BCUT2D eigenvalue weighted by Gasteiger charge is 1.89. The van der Waals surface area contributed by atoms with Gasteiger partial charge in [-0.3, -0.25) is 10.8 Å². The highest BCUT2D eigenvalue weighted by Crippen LogP contribution is 1.95. The standard InChI is InChI=1S/C5H5ClN4/c6-4-1-2-5(8)10(3-7)9-4/h1-3,7-8H. The van der Waals surface area contributed by atoms with Crippen molar-refractivity contribution in [1.82, 2.24) is 9.78 Å². The van der Waals surface area contributed by atoms with Gasteiger partial charge >= 0.3 is 0 Å². The van der Waals surface area contributed by atoms with E-state index in [0.717, 1.165) is 11.0 Å². The van der Waals surface area contributed by atoms with Gasteiger partial charge in [0.25, 0.3) is 0 Å². The van der Waals surface area contributed by atoms with Crippen LogP contribution in [0.5, 0.6) is 0 Å². The topological polar surface area (TPSA) is 65.5 Å². The molecule has 5 heteroatoms. The van der Waals surface area contributed by atoms with E-state index in [1.165, 1.54) is 12.1 Å². The molecule has 0 amide bonds. The van der Waals surface area contributed by atoms with E-state index in [-0.39, 0.29) is 10.6 Å². The van der Waals surface area contributed by atoms with Gasteiger partial charge in [-0.25, -0.2) is 4.68 Å². The van der Waals surface area contributed by atoms with Gasteiger partial charge in [0.15, 0.2) is 0 Å². The maximum atomic E-state index is 7.16. The Hall–Kier alpha value is -1.16. The van der Waals surface area contributed by atoms with Gasteiger partial charge in [-0.15, -0.1) is 0 Å². The first-order valence-electron chi connectivity index (χ1n) is 2.54. The van der Waals surface area contributed by atoms with Crippen molar-refractivity contribution < 1.29 is 0 Å². The van der Waals surface area contributed by atoms with Crippen molar-refractivity contribution in [1.29, 1.82) is 10.8 Å². The van der Waals surface area contributed by atoms with Crippen LogP contribution in [0.2, 0.25) is 5.15 Å². The van der Waals surface area contributed by atoms with E-state index in [2.05, 4.69) is 5.10 Å². The van der Waals surface area contributed by atoms with E-state index in [1.54, 1.807) is 0 Å². The van der Waals surface area contributed by atoms with Gasteiger partial charge < -0.3 is 0 Å². The molecule has 0 aliphatic heterocycles. The van der Waals surface area contributed by atoms with Crippen LogP contribution in [-0.2, 0) is 0 Å². The maximum Gasteiger partial charge on any atom is 0.150 e. The van der Waals surface area contributed by atoms with Crippen LogP contribution in [0.25, 0.3) is 0 Å². The molecule has 0 aliphatic carbocycles. The van der Waals surface area contributed by atoms with E-state index in [9.17, 15) is 0 Å². The molecule has 0 spiro atoms. The number of halogens is 1. The van der Waals surface area contributed by atoms with Crippen LogP contribution < -0.4 is 5.49 Å². The van der Waals surface area contributed by atoms with Gasteiger partial charge in [-0.2, -0.15) is 5.10 Å². The summed E-state index contributed by atoms with van der Waals surface area (Å²) in [5, 5.41) is 17.9. The first-order chi connectivity index (χ1) is 4.74. The number of aromatic nitrogens is 2. The van der Waals surface area contributed by atoms with Gasteiger partial charge in [0.2, 0.25) is 0 Å². The number of hydrogen-bond acceptors (Lipinski definition) is 3. The zero-order chi connectivity index (χ0) is 7.56. The van der Waals surface area contributed by atoms with E-state index in [0.29, 0.717) is 0 Å². The van der Waals surface area contributed by atoms with E-state index in [1.807, 2.05) is 0 Å². The second-order valence-electron chi connectivity index (χ2n) is 1.61. The summed E-state index contributed by atoms with van der Waals surface area (Å²) in [4.78, 5) is 0. The molecule has 0 saturated heterocycles. The van der Waals surface area contributed by atoms with Crippen molar-refractivity contribution in [2.45, 2.75) is 0 Å². The molecule has 0 aromatic carbocycles. The summed E-state index contributed by atoms with van der Waals surface area (Å²) in [6, 6.07) is 2.98. The molecule has 0 radical (unpaired) electrons. The monoisotopic (exact) mass is 156 g/mol. The Bertz CT molecular complexity index is 303. The lowest BCUT2D eigenvalue weighted by Crippen LogP contribution is -2.20. The van der Waals surface area contributed by atoms with Crippen LogP contribution in [0.15, 0.2) is 12.1 Å². The third-order valence-corrected chi connectivity index (χ3v) is 1.15. The van der Waals surface area contributed by atoms with Crippen molar-refractivity contribution in [3.8, 4) is 0 Å². The quantitative estimate of drug-likeness (QED) is 0.451. The van der Waals surface area contributed by atoms with Gasteiger partial charge in [-0.05, 0) is 12.1 Å². The van der Waals surface area contributed by atoms with Crippen molar-refractivity contribution in [2.24, 2.45) is 0 Å². The molecule has 0 atom stereocenters. The van der Waals surface area contributed by atoms with Gasteiger partial charge in [0, 0.05) is 0 Å². The number of nitrogens with zero attached hydrogens (tertiary/aromatic N) is 2. The predicted molar refractivity (Wildman–Crippen MR) is 37.3 cm³/mol. The lowest BCUT2D eigenvalue weighted by atomic mass is 10.6. The molecular weight excluding hydrogens is 152 g/mol. The molecule has 0 saturated carbocycles. The molecule has 0 aliphatic rings. The fourth-order valence-electron chi connectivity index (χ4n) is 0.513. The fraction of sp³-hybridized carbons (Fsp3) is 0. The zero-order valence-corrected chi connectivity index (χ0v) is 5.76. The molecule has 1 aromatic heterocycles.